The van der Waals surface area contributed by atoms with Gasteiger partial charge < -0.3 is 10.1 Å². The Labute approximate surface area is 156 Å². The fourth-order valence-corrected chi connectivity index (χ4v) is 3.48. The minimum absolute atomic E-state index is 0.00831. The lowest BCUT2D eigenvalue weighted by Gasteiger charge is -2.14. The van der Waals surface area contributed by atoms with Crippen molar-refractivity contribution in [2.45, 2.75) is 17.9 Å². The van der Waals surface area contributed by atoms with E-state index in [1.54, 1.807) is 6.92 Å². The van der Waals surface area contributed by atoms with Gasteiger partial charge in [-0.25, -0.2) is 12.8 Å². The normalized spacial score (nSPS) is 12.5. The molecule has 6 nitrogen and oxygen atoms in total. The lowest BCUT2D eigenvalue weighted by Crippen LogP contribution is -2.35. The second kappa shape index (κ2) is 8.48. The number of carbonyl (C=O) groups is 1. The van der Waals surface area contributed by atoms with E-state index in [9.17, 15) is 17.6 Å². The first kappa shape index (κ1) is 20.2. The molecule has 0 aromatic heterocycles. The van der Waals surface area contributed by atoms with Gasteiger partial charge in [0.2, 0.25) is 0 Å². The molecule has 0 aliphatic carbocycles. The lowest BCUT2D eigenvalue weighted by atomic mass is 10.2. The van der Waals surface area contributed by atoms with Crippen LogP contribution in [0.25, 0.3) is 0 Å². The SMILES string of the molecule is COC[C@@H](C)NC(=O)c1cc(S(=O)(=O)Nc2ccccc2F)ccc1Cl. The first-order valence-corrected chi connectivity index (χ1v) is 9.47. The van der Waals surface area contributed by atoms with Gasteiger partial charge in [-0.3, -0.25) is 9.52 Å². The van der Waals surface area contributed by atoms with Gasteiger partial charge in [-0.1, -0.05) is 23.7 Å². The molecule has 2 N–H and O–H groups in total. The maximum Gasteiger partial charge on any atom is 0.262 e. The fourth-order valence-electron chi connectivity index (χ4n) is 2.19. The van der Waals surface area contributed by atoms with Gasteiger partial charge in [-0.2, -0.15) is 0 Å². The highest BCUT2D eigenvalue weighted by Crippen LogP contribution is 2.23. The summed E-state index contributed by atoms with van der Waals surface area (Å²) < 4.78 is 45.8. The first-order chi connectivity index (χ1) is 12.2. The fraction of sp³-hybridized carbons (Fsp3) is 0.235. The molecule has 0 radical (unpaired) electrons. The van der Waals surface area contributed by atoms with Gasteiger partial charge in [-0.15, -0.1) is 0 Å². The van der Waals surface area contributed by atoms with Crippen LogP contribution in [0.15, 0.2) is 47.4 Å². The van der Waals surface area contributed by atoms with E-state index in [0.717, 1.165) is 12.1 Å². The maximum atomic E-state index is 13.7. The first-order valence-electron chi connectivity index (χ1n) is 7.61. The average molecular weight is 401 g/mol. The number of halogens is 2. The van der Waals surface area contributed by atoms with Gasteiger partial charge in [-0.05, 0) is 37.3 Å². The molecule has 0 aliphatic heterocycles. The molecule has 0 saturated carbocycles. The topological polar surface area (TPSA) is 84.5 Å². The van der Waals surface area contributed by atoms with Crippen molar-refractivity contribution in [3.05, 3.63) is 58.9 Å². The van der Waals surface area contributed by atoms with Gasteiger partial charge in [0.05, 0.1) is 27.8 Å². The second-order valence-electron chi connectivity index (χ2n) is 5.56. The van der Waals surface area contributed by atoms with Crippen LogP contribution in [0, 0.1) is 5.82 Å². The van der Waals surface area contributed by atoms with Crippen LogP contribution in [0.3, 0.4) is 0 Å². The standard InChI is InChI=1S/C17H18ClFN2O4S/c1-11(10-25-2)20-17(22)13-9-12(7-8-14(13)18)26(23,24)21-16-6-4-3-5-15(16)19/h3-9,11,21H,10H2,1-2H3,(H,20,22)/t11-/m1/s1. The quantitative estimate of drug-likeness (QED) is 0.748. The number of rotatable bonds is 7. The number of para-hydroxylation sites is 1. The second-order valence-corrected chi connectivity index (χ2v) is 7.65. The zero-order valence-electron chi connectivity index (χ0n) is 14.1. The maximum absolute atomic E-state index is 13.7. The predicted octanol–water partition coefficient (Wildman–Crippen LogP) is 3.04. The number of anilines is 1. The van der Waals surface area contributed by atoms with Crippen molar-refractivity contribution >= 4 is 33.2 Å². The third-order valence-corrected chi connectivity index (χ3v) is 5.10. The Morgan fingerprint density at radius 2 is 1.96 bits per heavy atom. The van der Waals surface area contributed by atoms with Crippen LogP contribution in [0.2, 0.25) is 5.02 Å². The largest absolute Gasteiger partial charge is 0.383 e. The highest BCUT2D eigenvalue weighted by Gasteiger charge is 2.20. The molecule has 0 saturated heterocycles. The molecule has 2 rings (SSSR count). The van der Waals surface area contributed by atoms with E-state index in [0.29, 0.717) is 0 Å². The van der Waals surface area contributed by atoms with Crippen LogP contribution in [0.1, 0.15) is 17.3 Å². The number of carbonyl (C=O) groups excluding carboxylic acids is 1. The van der Waals surface area contributed by atoms with E-state index in [2.05, 4.69) is 10.0 Å². The van der Waals surface area contributed by atoms with Crippen LogP contribution in [0.4, 0.5) is 10.1 Å². The average Bonchev–Trinajstić information content (AvgIpc) is 2.57. The number of methoxy groups -OCH3 is 1. The Kier molecular flexibility index (Phi) is 6.57. The lowest BCUT2D eigenvalue weighted by molar-refractivity contribution is 0.0905. The molecule has 0 unspecified atom stereocenters. The van der Waals surface area contributed by atoms with Crippen LogP contribution >= 0.6 is 11.6 Å². The van der Waals surface area contributed by atoms with Crippen molar-refractivity contribution in [3.63, 3.8) is 0 Å². The van der Waals surface area contributed by atoms with Crippen LogP contribution in [-0.2, 0) is 14.8 Å². The molecule has 26 heavy (non-hydrogen) atoms. The summed E-state index contributed by atoms with van der Waals surface area (Å²) in [5, 5.41) is 2.75. The number of sulfonamides is 1. The smallest absolute Gasteiger partial charge is 0.262 e. The zero-order valence-corrected chi connectivity index (χ0v) is 15.7. The van der Waals surface area contributed by atoms with Crippen molar-refractivity contribution in [2.75, 3.05) is 18.4 Å². The summed E-state index contributed by atoms with van der Waals surface area (Å²) in [6, 6.07) is 8.76. The molecular formula is C17H18ClFN2O4S. The molecule has 2 aromatic rings. The molecule has 0 aliphatic rings. The number of ether oxygens (including phenoxy) is 1. The Morgan fingerprint density at radius 1 is 1.27 bits per heavy atom. The number of benzene rings is 2. The third-order valence-electron chi connectivity index (χ3n) is 3.41. The summed E-state index contributed by atoms with van der Waals surface area (Å²) in [6.45, 7) is 2.02. The summed E-state index contributed by atoms with van der Waals surface area (Å²) in [7, 11) is -2.60. The van der Waals surface area contributed by atoms with E-state index in [4.69, 9.17) is 16.3 Å². The number of amides is 1. The monoisotopic (exact) mass is 400 g/mol. The van der Waals surface area contributed by atoms with Crippen molar-refractivity contribution < 1.29 is 22.3 Å². The van der Waals surface area contributed by atoms with Gasteiger partial charge in [0, 0.05) is 13.2 Å². The number of hydrogen-bond acceptors (Lipinski definition) is 4. The van der Waals surface area contributed by atoms with E-state index in [1.807, 2.05) is 0 Å². The zero-order chi connectivity index (χ0) is 19.3. The molecule has 0 bridgehead atoms. The van der Waals surface area contributed by atoms with E-state index >= 15 is 0 Å². The van der Waals surface area contributed by atoms with E-state index in [-0.39, 0.29) is 33.8 Å². The van der Waals surface area contributed by atoms with Crippen LogP contribution < -0.4 is 10.0 Å². The van der Waals surface area contributed by atoms with Gasteiger partial charge in [0.15, 0.2) is 0 Å². The number of hydrogen-bond donors (Lipinski definition) is 2. The molecule has 0 spiro atoms. The molecule has 0 fully saturated rings. The minimum Gasteiger partial charge on any atom is -0.383 e. The van der Waals surface area contributed by atoms with Crippen molar-refractivity contribution in [2.24, 2.45) is 0 Å². The summed E-state index contributed by atoms with van der Waals surface area (Å²) >= 11 is 6.02. The van der Waals surface area contributed by atoms with Crippen molar-refractivity contribution in [1.29, 1.82) is 0 Å². The van der Waals surface area contributed by atoms with Gasteiger partial charge in [0.1, 0.15) is 5.82 Å². The highest BCUT2D eigenvalue weighted by molar-refractivity contribution is 7.92. The summed E-state index contributed by atoms with van der Waals surface area (Å²) in [4.78, 5) is 12.1. The van der Waals surface area contributed by atoms with Gasteiger partial charge in [0.25, 0.3) is 15.9 Å². The minimum atomic E-state index is -4.10. The predicted molar refractivity (Wildman–Crippen MR) is 97.5 cm³/mol. The molecule has 0 heterocycles. The molecule has 2 aromatic carbocycles. The Morgan fingerprint density at radius 3 is 2.62 bits per heavy atom. The van der Waals surface area contributed by atoms with Gasteiger partial charge >= 0.3 is 0 Å². The highest BCUT2D eigenvalue weighted by atomic mass is 35.5. The van der Waals surface area contributed by atoms with Crippen LogP contribution in [-0.4, -0.2) is 34.1 Å². The van der Waals surface area contributed by atoms with E-state index < -0.39 is 21.7 Å². The molecule has 1 amide bonds. The van der Waals surface area contributed by atoms with E-state index in [1.165, 1.54) is 37.4 Å². The number of nitrogens with one attached hydrogen (secondary N) is 2. The Bertz CT molecular complexity index is 905. The third kappa shape index (κ3) is 4.94. The molecule has 140 valence electrons. The van der Waals surface area contributed by atoms with Crippen molar-refractivity contribution in [3.8, 4) is 0 Å². The summed E-state index contributed by atoms with van der Waals surface area (Å²) in [6.07, 6.45) is 0. The Hall–Kier alpha value is -2.16. The Balaban J connectivity index is 2.30. The van der Waals surface area contributed by atoms with Crippen LogP contribution in [0.5, 0.6) is 0 Å². The molecule has 1 atom stereocenters. The summed E-state index contributed by atoms with van der Waals surface area (Å²) in [5.74, 6) is -1.25. The molecule has 9 heteroatoms. The molecular weight excluding hydrogens is 383 g/mol. The van der Waals surface area contributed by atoms with Crippen molar-refractivity contribution in [1.82, 2.24) is 5.32 Å². The summed E-state index contributed by atoms with van der Waals surface area (Å²) in [5.41, 5.74) is -0.201.